The Kier molecular flexibility index (Phi) is 3.84. The second-order valence-electron chi connectivity index (χ2n) is 4.39. The second-order valence-corrected chi connectivity index (χ2v) is 5.24. The van der Waals surface area contributed by atoms with E-state index < -0.39 is 0 Å². The van der Waals surface area contributed by atoms with E-state index in [4.69, 9.17) is 4.74 Å². The molecule has 0 spiro atoms. The third-order valence-corrected chi connectivity index (χ3v) is 3.92. The highest BCUT2D eigenvalue weighted by Gasteiger charge is 2.24. The number of benzene rings is 1. The maximum absolute atomic E-state index is 12.3. The maximum Gasteiger partial charge on any atom is 0.254 e. The summed E-state index contributed by atoms with van der Waals surface area (Å²) in [5.41, 5.74) is 1.83. The van der Waals surface area contributed by atoms with E-state index in [1.54, 1.807) is 0 Å². The number of halogens is 1. The molecule has 0 aromatic heterocycles. The average Bonchev–Trinajstić information content (AvgIpc) is 2.32. The molecule has 92 valence electrons. The second kappa shape index (κ2) is 5.19. The van der Waals surface area contributed by atoms with Crippen LogP contribution in [0.1, 0.15) is 22.8 Å². The summed E-state index contributed by atoms with van der Waals surface area (Å²) in [6.45, 7) is 5.94. The molecule has 1 aliphatic heterocycles. The number of morpholine rings is 1. The van der Waals surface area contributed by atoms with E-state index in [2.05, 4.69) is 15.9 Å². The predicted molar refractivity (Wildman–Crippen MR) is 70.2 cm³/mol. The molecule has 0 N–H and O–H groups in total. The van der Waals surface area contributed by atoms with E-state index >= 15 is 0 Å². The van der Waals surface area contributed by atoms with Gasteiger partial charge in [-0.1, -0.05) is 15.9 Å². The monoisotopic (exact) mass is 297 g/mol. The molecule has 0 aliphatic carbocycles. The molecule has 4 heteroatoms. The van der Waals surface area contributed by atoms with Gasteiger partial charge in [0.05, 0.1) is 19.3 Å². The van der Waals surface area contributed by atoms with E-state index in [0.29, 0.717) is 19.8 Å². The molecule has 1 atom stereocenters. The summed E-state index contributed by atoms with van der Waals surface area (Å²) in [5.74, 6) is 0.0939. The molecule has 1 aliphatic rings. The molecule has 1 amide bonds. The molecule has 2 rings (SSSR count). The smallest absolute Gasteiger partial charge is 0.254 e. The molecule has 1 unspecified atom stereocenters. The van der Waals surface area contributed by atoms with Gasteiger partial charge in [0.25, 0.3) is 5.91 Å². The fraction of sp³-hybridized carbons (Fsp3) is 0.462. The first-order chi connectivity index (χ1) is 8.09. The summed E-state index contributed by atoms with van der Waals surface area (Å²) in [4.78, 5) is 14.2. The Balaban J connectivity index is 2.21. The quantitative estimate of drug-likeness (QED) is 0.797. The standard InChI is InChI=1S/C13H16BrNO2/c1-9-7-11(3-4-12(9)14)13(16)15-5-6-17-8-10(15)2/h3-4,7,10H,5-6,8H2,1-2H3. The number of aryl methyl sites for hydroxylation is 1. The van der Waals surface area contributed by atoms with Crippen LogP contribution in [0.3, 0.4) is 0 Å². The molecular weight excluding hydrogens is 282 g/mol. The van der Waals surface area contributed by atoms with Crippen LogP contribution >= 0.6 is 15.9 Å². The number of carbonyl (C=O) groups is 1. The summed E-state index contributed by atoms with van der Waals surface area (Å²) in [7, 11) is 0. The summed E-state index contributed by atoms with van der Waals surface area (Å²) in [6.07, 6.45) is 0. The molecule has 0 bridgehead atoms. The van der Waals surface area contributed by atoms with Crippen molar-refractivity contribution >= 4 is 21.8 Å². The van der Waals surface area contributed by atoms with Gasteiger partial charge >= 0.3 is 0 Å². The molecular formula is C13H16BrNO2. The molecule has 1 aromatic rings. The largest absolute Gasteiger partial charge is 0.377 e. The van der Waals surface area contributed by atoms with Crippen LogP contribution in [-0.4, -0.2) is 36.6 Å². The van der Waals surface area contributed by atoms with Gasteiger partial charge in [0.1, 0.15) is 0 Å². The zero-order valence-corrected chi connectivity index (χ0v) is 11.7. The Hall–Kier alpha value is -0.870. The lowest BCUT2D eigenvalue weighted by atomic mass is 10.1. The van der Waals surface area contributed by atoms with Gasteiger partial charge in [-0.15, -0.1) is 0 Å². The van der Waals surface area contributed by atoms with Crippen molar-refractivity contribution in [3.05, 3.63) is 33.8 Å². The first-order valence-electron chi connectivity index (χ1n) is 5.74. The van der Waals surface area contributed by atoms with E-state index in [1.165, 1.54) is 0 Å². The van der Waals surface area contributed by atoms with Crippen LogP contribution in [0, 0.1) is 6.92 Å². The third-order valence-electron chi connectivity index (χ3n) is 3.03. The molecule has 17 heavy (non-hydrogen) atoms. The fourth-order valence-corrected chi connectivity index (χ4v) is 2.22. The SMILES string of the molecule is Cc1cc(C(=O)N2CCOCC2C)ccc1Br. The minimum Gasteiger partial charge on any atom is -0.377 e. The lowest BCUT2D eigenvalue weighted by molar-refractivity contribution is 0.00359. The van der Waals surface area contributed by atoms with E-state index in [0.717, 1.165) is 15.6 Å². The number of nitrogens with zero attached hydrogens (tertiary/aromatic N) is 1. The minimum absolute atomic E-state index is 0.0939. The number of hydrogen-bond acceptors (Lipinski definition) is 2. The van der Waals surface area contributed by atoms with Crippen molar-refractivity contribution in [3.8, 4) is 0 Å². The minimum atomic E-state index is 0.0939. The lowest BCUT2D eigenvalue weighted by Gasteiger charge is -2.33. The molecule has 0 radical (unpaired) electrons. The van der Waals surface area contributed by atoms with Gasteiger partial charge in [-0.2, -0.15) is 0 Å². The van der Waals surface area contributed by atoms with E-state index in [1.807, 2.05) is 36.9 Å². The average molecular weight is 298 g/mol. The van der Waals surface area contributed by atoms with Crippen LogP contribution in [0.5, 0.6) is 0 Å². The number of ether oxygens (including phenoxy) is 1. The van der Waals surface area contributed by atoms with E-state index in [-0.39, 0.29) is 11.9 Å². The van der Waals surface area contributed by atoms with Gasteiger partial charge in [-0.3, -0.25) is 4.79 Å². The normalized spacial score (nSPS) is 20.4. The van der Waals surface area contributed by atoms with Gasteiger partial charge in [-0.05, 0) is 37.6 Å². The molecule has 1 aromatic carbocycles. The van der Waals surface area contributed by atoms with Crippen molar-refractivity contribution in [2.75, 3.05) is 19.8 Å². The molecule has 3 nitrogen and oxygen atoms in total. The summed E-state index contributed by atoms with van der Waals surface area (Å²) < 4.78 is 6.37. The molecule has 1 fully saturated rings. The first kappa shape index (κ1) is 12.6. The molecule has 0 saturated carbocycles. The van der Waals surface area contributed by atoms with Crippen LogP contribution < -0.4 is 0 Å². The first-order valence-corrected chi connectivity index (χ1v) is 6.54. The Labute approximate surface area is 110 Å². The van der Waals surface area contributed by atoms with Crippen molar-refractivity contribution in [2.45, 2.75) is 19.9 Å². The summed E-state index contributed by atoms with van der Waals surface area (Å²) >= 11 is 3.44. The number of carbonyl (C=O) groups excluding carboxylic acids is 1. The number of rotatable bonds is 1. The Bertz CT molecular complexity index is 433. The number of hydrogen-bond donors (Lipinski definition) is 0. The van der Waals surface area contributed by atoms with Crippen LogP contribution in [0.15, 0.2) is 22.7 Å². The summed E-state index contributed by atoms with van der Waals surface area (Å²) in [6, 6.07) is 5.87. The van der Waals surface area contributed by atoms with E-state index in [9.17, 15) is 4.79 Å². The third kappa shape index (κ3) is 2.69. The topological polar surface area (TPSA) is 29.5 Å². The van der Waals surface area contributed by atoms with Crippen molar-refractivity contribution < 1.29 is 9.53 Å². The zero-order valence-electron chi connectivity index (χ0n) is 10.1. The van der Waals surface area contributed by atoms with Crippen molar-refractivity contribution in [2.24, 2.45) is 0 Å². The number of amides is 1. The lowest BCUT2D eigenvalue weighted by Crippen LogP contribution is -2.47. The Morgan fingerprint density at radius 3 is 2.94 bits per heavy atom. The highest BCUT2D eigenvalue weighted by atomic mass is 79.9. The van der Waals surface area contributed by atoms with Gasteiger partial charge in [0, 0.05) is 16.6 Å². The van der Waals surface area contributed by atoms with Crippen molar-refractivity contribution in [1.29, 1.82) is 0 Å². The maximum atomic E-state index is 12.3. The van der Waals surface area contributed by atoms with Crippen molar-refractivity contribution in [3.63, 3.8) is 0 Å². The van der Waals surface area contributed by atoms with Crippen LogP contribution in [0.4, 0.5) is 0 Å². The van der Waals surface area contributed by atoms with Crippen molar-refractivity contribution in [1.82, 2.24) is 4.90 Å². The molecule has 1 heterocycles. The van der Waals surface area contributed by atoms with Gasteiger partial charge in [0.2, 0.25) is 0 Å². The highest BCUT2D eigenvalue weighted by Crippen LogP contribution is 2.19. The zero-order chi connectivity index (χ0) is 12.4. The fourth-order valence-electron chi connectivity index (χ4n) is 1.97. The van der Waals surface area contributed by atoms with Gasteiger partial charge in [-0.25, -0.2) is 0 Å². The Morgan fingerprint density at radius 2 is 2.29 bits per heavy atom. The van der Waals surface area contributed by atoms with Crippen LogP contribution in [-0.2, 0) is 4.74 Å². The molecule has 1 saturated heterocycles. The van der Waals surface area contributed by atoms with Crippen LogP contribution in [0.2, 0.25) is 0 Å². The van der Waals surface area contributed by atoms with Gasteiger partial charge in [0.15, 0.2) is 0 Å². The van der Waals surface area contributed by atoms with Crippen LogP contribution in [0.25, 0.3) is 0 Å². The van der Waals surface area contributed by atoms with Gasteiger partial charge < -0.3 is 9.64 Å². The highest BCUT2D eigenvalue weighted by molar-refractivity contribution is 9.10. The predicted octanol–water partition coefficient (Wildman–Crippen LogP) is 2.62. The summed E-state index contributed by atoms with van der Waals surface area (Å²) in [5, 5.41) is 0. The Morgan fingerprint density at radius 1 is 1.53 bits per heavy atom.